The average molecular weight is 513 g/mol. The van der Waals surface area contributed by atoms with Gasteiger partial charge in [0.25, 0.3) is 0 Å². The fraction of sp³-hybridized carbons (Fsp3) is 0.500. The molecule has 0 bridgehead atoms. The zero-order chi connectivity index (χ0) is 27.0. The van der Waals surface area contributed by atoms with Crippen LogP contribution in [0, 0.1) is 0 Å². The largest absolute Gasteiger partial charge is 0.494 e. The Hall–Kier alpha value is -1.76. The molecule has 1 radical (unpaired) electrons. The minimum atomic E-state index is -0.400. The summed E-state index contributed by atoms with van der Waals surface area (Å²) in [7, 11) is -0.277. The maximum Gasteiger partial charge on any atom is 0.494 e. The van der Waals surface area contributed by atoms with E-state index in [2.05, 4.69) is 98.9 Å². The molecule has 2 fully saturated rings. The number of hydrogen-bond acceptors (Lipinski definition) is 4. The van der Waals surface area contributed by atoms with E-state index in [1.165, 1.54) is 27.0 Å². The molecule has 0 unspecified atom stereocenters. The molecule has 4 nitrogen and oxygen atoms in total. The molecule has 193 valence electrons. The Morgan fingerprint density at radius 3 is 1.78 bits per heavy atom. The van der Waals surface area contributed by atoms with Crippen molar-refractivity contribution < 1.29 is 18.6 Å². The van der Waals surface area contributed by atoms with Crippen LogP contribution >= 0.6 is 0 Å². The maximum atomic E-state index is 6.44. The average Bonchev–Trinajstić information content (AvgIpc) is 3.29. The second-order valence-corrected chi connectivity index (χ2v) is 14.1. The molecule has 37 heavy (non-hydrogen) atoms. The number of benzene rings is 1. The normalized spacial score (nSPS) is 25.7. The topological polar surface area (TPSA) is 36.9 Å². The number of rotatable bonds is 6. The highest BCUT2D eigenvalue weighted by atomic mass is 28.2. The molecule has 0 spiro atoms. The smallest absolute Gasteiger partial charge is 0.400 e. The quantitative estimate of drug-likeness (QED) is 0.388. The summed E-state index contributed by atoms with van der Waals surface area (Å²) >= 11 is 0. The summed E-state index contributed by atoms with van der Waals surface area (Å²) < 4.78 is 25.7. The summed E-state index contributed by atoms with van der Waals surface area (Å²) in [5.41, 5.74) is 3.21. The van der Waals surface area contributed by atoms with Gasteiger partial charge in [-0.1, -0.05) is 42.5 Å². The molecule has 0 saturated carbocycles. The molecule has 1 aromatic carbocycles. The summed E-state index contributed by atoms with van der Waals surface area (Å²) in [5.74, 6) is 0. The lowest BCUT2D eigenvalue weighted by Crippen LogP contribution is -2.41. The van der Waals surface area contributed by atoms with E-state index in [-0.39, 0.29) is 34.9 Å². The van der Waals surface area contributed by atoms with Gasteiger partial charge < -0.3 is 18.6 Å². The van der Waals surface area contributed by atoms with Gasteiger partial charge in [0.1, 0.15) is 0 Å². The molecule has 0 aromatic heterocycles. The van der Waals surface area contributed by atoms with Crippen LogP contribution in [-0.2, 0) is 24.0 Å². The molecule has 0 N–H and O–H groups in total. The van der Waals surface area contributed by atoms with Crippen LogP contribution < -0.4 is 5.46 Å². The predicted molar refractivity (Wildman–Crippen MR) is 156 cm³/mol. The van der Waals surface area contributed by atoms with Crippen LogP contribution in [0.4, 0.5) is 0 Å². The van der Waals surface area contributed by atoms with Gasteiger partial charge in [-0.15, -0.1) is 13.2 Å². The van der Waals surface area contributed by atoms with Gasteiger partial charge in [-0.25, -0.2) is 0 Å². The molecule has 0 atom stereocenters. The highest BCUT2D eigenvalue weighted by Gasteiger charge is 2.54. The van der Waals surface area contributed by atoms with Gasteiger partial charge in [0, 0.05) is 5.41 Å². The molecular formula is C30H39B2O4Si. The minimum Gasteiger partial charge on any atom is -0.400 e. The van der Waals surface area contributed by atoms with Crippen molar-refractivity contribution in [3.8, 4) is 0 Å². The first-order valence-corrected chi connectivity index (χ1v) is 14.3. The van der Waals surface area contributed by atoms with Crippen molar-refractivity contribution in [3.63, 3.8) is 0 Å². The summed E-state index contributed by atoms with van der Waals surface area (Å²) in [4.78, 5) is 0. The third-order valence-electron chi connectivity index (χ3n) is 9.31. The molecule has 1 aliphatic carbocycles. The van der Waals surface area contributed by atoms with Gasteiger partial charge >= 0.3 is 14.2 Å². The molecular weight excluding hydrogens is 474 g/mol. The van der Waals surface area contributed by atoms with E-state index in [1.807, 2.05) is 12.2 Å². The Bertz CT molecular complexity index is 1210. The second kappa shape index (κ2) is 8.62. The number of fused-ring (bicyclic) bond motifs is 2. The fourth-order valence-corrected chi connectivity index (χ4v) is 7.29. The van der Waals surface area contributed by atoms with Gasteiger partial charge in [-0.05, 0) is 101 Å². The van der Waals surface area contributed by atoms with Gasteiger partial charge in [0.05, 0.1) is 31.5 Å². The minimum absolute atomic E-state index is 0.216. The molecule has 7 heteroatoms. The van der Waals surface area contributed by atoms with Crippen molar-refractivity contribution >= 4 is 39.5 Å². The second-order valence-electron chi connectivity index (χ2n) is 12.8. The lowest BCUT2D eigenvalue weighted by molar-refractivity contribution is 0.00578. The predicted octanol–water partition coefficient (Wildman–Crippen LogP) is 5.18. The van der Waals surface area contributed by atoms with E-state index < -0.39 is 7.12 Å². The van der Waals surface area contributed by atoms with Crippen LogP contribution in [0.15, 0.2) is 60.9 Å². The van der Waals surface area contributed by atoms with Gasteiger partial charge in [-0.3, -0.25) is 0 Å². The van der Waals surface area contributed by atoms with Crippen LogP contribution in [0.5, 0.6) is 0 Å². The lowest BCUT2D eigenvalue weighted by Gasteiger charge is -2.32. The maximum absolute atomic E-state index is 6.44. The third kappa shape index (κ3) is 4.01. The highest BCUT2D eigenvalue weighted by Crippen LogP contribution is 2.51. The SMILES string of the molecule is C=CCC1(CC=C)C2=C(C=CC(B3OC(C)(C)C(C)(C)O3)=[Si]2)c2ccc(B3OC(C)(C)C(C)(C)O3)cc21. The first kappa shape index (κ1) is 26.8. The van der Waals surface area contributed by atoms with E-state index in [4.69, 9.17) is 18.6 Å². The molecule has 0 amide bonds. The Labute approximate surface area is 225 Å². The summed E-state index contributed by atoms with van der Waals surface area (Å²) in [5, 5.41) is 2.61. The molecule has 1 aromatic rings. The van der Waals surface area contributed by atoms with Gasteiger partial charge in [0.2, 0.25) is 0 Å². The van der Waals surface area contributed by atoms with Crippen molar-refractivity contribution in [2.45, 2.75) is 96.1 Å². The standard InChI is InChI=1S/C30H39B2O4Si/c1-11-17-30(18-12-2)23-19-20(31-33-26(3,4)27(5,6)34-31)13-14-21(23)22-15-16-24(37-25(22)30)32-35-28(7,8)29(9,10)36-32/h11-16,19H,1-2,17-18H2,3-10H3. The van der Waals surface area contributed by atoms with Gasteiger partial charge in [0.15, 0.2) is 0 Å². The number of allylic oxidation sites excluding steroid dienone is 6. The van der Waals surface area contributed by atoms with Crippen molar-refractivity contribution in [2.75, 3.05) is 0 Å². The van der Waals surface area contributed by atoms with E-state index in [0.29, 0.717) is 9.13 Å². The van der Waals surface area contributed by atoms with Crippen LogP contribution in [0.2, 0.25) is 0 Å². The molecule has 2 saturated heterocycles. The van der Waals surface area contributed by atoms with E-state index in [0.717, 1.165) is 18.3 Å². The first-order valence-electron chi connectivity index (χ1n) is 13.3. The van der Waals surface area contributed by atoms with Gasteiger partial charge in [-0.2, -0.15) is 0 Å². The highest BCUT2D eigenvalue weighted by molar-refractivity contribution is 7.00. The zero-order valence-corrected chi connectivity index (χ0v) is 24.7. The fourth-order valence-electron chi connectivity index (χ4n) is 5.67. The van der Waals surface area contributed by atoms with E-state index in [1.54, 1.807) is 0 Å². The van der Waals surface area contributed by atoms with Crippen molar-refractivity contribution in [1.82, 2.24) is 0 Å². The molecule has 4 aliphatic rings. The Kier molecular flexibility index (Phi) is 6.25. The van der Waals surface area contributed by atoms with Crippen LogP contribution in [0.1, 0.15) is 79.4 Å². The Morgan fingerprint density at radius 1 is 0.757 bits per heavy atom. The zero-order valence-electron chi connectivity index (χ0n) is 23.7. The number of hydrogen-bond donors (Lipinski definition) is 0. The summed E-state index contributed by atoms with van der Waals surface area (Å²) in [6.45, 7) is 25.1. The van der Waals surface area contributed by atoms with Crippen LogP contribution in [-0.4, -0.2) is 50.8 Å². The molecule has 3 heterocycles. The molecule has 5 rings (SSSR count). The first-order chi connectivity index (χ1) is 17.2. The molecule has 3 aliphatic heterocycles. The van der Waals surface area contributed by atoms with E-state index in [9.17, 15) is 0 Å². The third-order valence-corrected chi connectivity index (χ3v) is 11.0. The van der Waals surface area contributed by atoms with Crippen molar-refractivity contribution in [2.24, 2.45) is 0 Å². The lowest BCUT2D eigenvalue weighted by atomic mass is 9.72. The van der Waals surface area contributed by atoms with Crippen LogP contribution in [0.3, 0.4) is 0 Å². The Balaban J connectivity index is 1.58. The summed E-state index contributed by atoms with van der Waals surface area (Å²) in [6.07, 6.45) is 10.2. The van der Waals surface area contributed by atoms with E-state index >= 15 is 0 Å². The van der Waals surface area contributed by atoms with Crippen molar-refractivity contribution in [1.29, 1.82) is 0 Å². The van der Waals surface area contributed by atoms with Crippen LogP contribution in [0.25, 0.3) is 5.57 Å². The summed E-state index contributed by atoms with van der Waals surface area (Å²) in [6, 6.07) is 6.71. The monoisotopic (exact) mass is 513 g/mol. The Morgan fingerprint density at radius 2 is 1.27 bits per heavy atom. The van der Waals surface area contributed by atoms with Crippen molar-refractivity contribution in [3.05, 3.63) is 72.0 Å².